The Morgan fingerprint density at radius 3 is 2.43 bits per heavy atom. The Balaban J connectivity index is 1.05. The number of nitrogens with one attached hydrogen (secondary N) is 1. The summed E-state index contributed by atoms with van der Waals surface area (Å²) < 4.78 is 40.4. The van der Waals surface area contributed by atoms with Crippen LogP contribution in [0.25, 0.3) is 10.9 Å². The van der Waals surface area contributed by atoms with Crippen molar-refractivity contribution in [1.82, 2.24) is 14.8 Å². The zero-order chi connectivity index (χ0) is 30.7. The van der Waals surface area contributed by atoms with Gasteiger partial charge in [0.15, 0.2) is 11.5 Å². The van der Waals surface area contributed by atoms with Gasteiger partial charge in [0, 0.05) is 61.1 Å². The number of rotatable bonds is 9. The average Bonchev–Trinajstić information content (AvgIpc) is 3.56. The summed E-state index contributed by atoms with van der Waals surface area (Å²) in [6.07, 6.45) is 6.06. The molecule has 44 heavy (non-hydrogen) atoms. The van der Waals surface area contributed by atoms with E-state index in [1.165, 1.54) is 13.2 Å². The van der Waals surface area contributed by atoms with Gasteiger partial charge in [0.2, 0.25) is 5.75 Å². The number of carbonyl (C=O) groups excluding carboxylic acids is 1. The van der Waals surface area contributed by atoms with Crippen molar-refractivity contribution < 1.29 is 27.8 Å². The summed E-state index contributed by atoms with van der Waals surface area (Å²) in [5, 5.41) is 11.7. The van der Waals surface area contributed by atoms with E-state index in [0.29, 0.717) is 61.0 Å². The molecule has 6 rings (SSSR count). The second-order valence-electron chi connectivity index (χ2n) is 11.2. The fourth-order valence-corrected chi connectivity index (χ4v) is 7.15. The van der Waals surface area contributed by atoms with Crippen LogP contribution in [0.3, 0.4) is 0 Å². The normalized spacial score (nSPS) is 16.2. The number of amides is 1. The summed E-state index contributed by atoms with van der Waals surface area (Å²) in [6.45, 7) is 2.87. The number of ether oxygens (including phenoxy) is 2. The molecule has 11 heteroatoms. The molecule has 2 N–H and O–H groups in total. The molecule has 2 fully saturated rings. The van der Waals surface area contributed by atoms with E-state index in [0.717, 1.165) is 36.6 Å². The largest absolute Gasteiger partial charge is 0.504 e. The summed E-state index contributed by atoms with van der Waals surface area (Å²) in [4.78, 5) is 21.5. The number of aromatic hydroxyl groups is 1. The van der Waals surface area contributed by atoms with Crippen molar-refractivity contribution in [3.63, 3.8) is 0 Å². The standard InChI is InChI=1S/C33H36N4O6S/c1-42-32-28(43-27-8-2-3-9-27)16-13-25(31(32)38)22-36-18-20-37(21-19-36)33(39)24-11-14-26(15-12-24)35-44(40,41)29-10-4-6-23-7-5-17-34-30(23)29/h4-7,10-17,27,35,38H,2-3,8-9,18-22H2,1H3. The van der Waals surface area contributed by atoms with E-state index in [4.69, 9.17) is 9.47 Å². The van der Waals surface area contributed by atoms with Gasteiger partial charge in [-0.3, -0.25) is 19.4 Å². The number of aromatic nitrogens is 1. The van der Waals surface area contributed by atoms with Crippen LogP contribution in [0, 0.1) is 0 Å². The second kappa shape index (κ2) is 12.7. The predicted octanol–water partition coefficient (Wildman–Crippen LogP) is 5.03. The van der Waals surface area contributed by atoms with Crippen LogP contribution < -0.4 is 14.2 Å². The summed E-state index contributed by atoms with van der Waals surface area (Å²) in [7, 11) is -2.35. The van der Waals surface area contributed by atoms with Gasteiger partial charge in [0.05, 0.1) is 18.7 Å². The third-order valence-corrected chi connectivity index (χ3v) is 9.71. The Bertz CT molecular complexity index is 1740. The number of hydrogen-bond donors (Lipinski definition) is 2. The number of methoxy groups -OCH3 is 1. The summed E-state index contributed by atoms with van der Waals surface area (Å²) in [5.41, 5.74) is 1.98. The molecule has 1 saturated carbocycles. The molecule has 2 aliphatic rings. The summed E-state index contributed by atoms with van der Waals surface area (Å²) in [6, 6.07) is 18.8. The molecule has 230 valence electrons. The molecule has 1 aliphatic carbocycles. The number of nitrogens with zero attached hydrogens (tertiary/aromatic N) is 3. The molecule has 0 spiro atoms. The van der Waals surface area contributed by atoms with Crippen molar-refractivity contribution >= 4 is 32.5 Å². The third-order valence-electron chi connectivity index (χ3n) is 8.30. The Hall–Kier alpha value is -4.35. The van der Waals surface area contributed by atoms with E-state index < -0.39 is 10.0 Å². The SMILES string of the molecule is COc1c(OC2CCCC2)ccc(CN2CCN(C(=O)c3ccc(NS(=O)(=O)c4cccc5cccnc45)cc3)CC2)c1O. The number of carbonyl (C=O) groups is 1. The van der Waals surface area contributed by atoms with E-state index in [1.54, 1.807) is 47.5 Å². The maximum Gasteiger partial charge on any atom is 0.264 e. The number of hydrogen-bond acceptors (Lipinski definition) is 8. The minimum absolute atomic E-state index is 0.0914. The van der Waals surface area contributed by atoms with Crippen molar-refractivity contribution in [2.45, 2.75) is 43.2 Å². The van der Waals surface area contributed by atoms with Crippen LogP contribution in [-0.4, -0.2) is 73.6 Å². The van der Waals surface area contributed by atoms with E-state index in [-0.39, 0.29) is 22.7 Å². The second-order valence-corrected chi connectivity index (χ2v) is 12.9. The third kappa shape index (κ3) is 6.29. The Labute approximate surface area is 257 Å². The first-order valence-electron chi connectivity index (χ1n) is 14.9. The van der Waals surface area contributed by atoms with Gasteiger partial charge in [0.1, 0.15) is 4.90 Å². The zero-order valence-electron chi connectivity index (χ0n) is 24.6. The van der Waals surface area contributed by atoms with Crippen LogP contribution in [0.5, 0.6) is 17.2 Å². The Kier molecular flexibility index (Phi) is 8.58. The molecule has 1 saturated heterocycles. The van der Waals surface area contributed by atoms with Gasteiger partial charge in [-0.2, -0.15) is 0 Å². The molecule has 3 aromatic carbocycles. The van der Waals surface area contributed by atoms with Gasteiger partial charge >= 0.3 is 0 Å². The number of benzene rings is 3. The number of phenols is 1. The van der Waals surface area contributed by atoms with Crippen LogP contribution in [0.1, 0.15) is 41.6 Å². The number of phenolic OH excluding ortho intramolecular Hbond substituents is 1. The van der Waals surface area contributed by atoms with Crippen LogP contribution in [-0.2, 0) is 16.6 Å². The highest BCUT2D eigenvalue weighted by molar-refractivity contribution is 7.93. The van der Waals surface area contributed by atoms with Crippen LogP contribution in [0.2, 0.25) is 0 Å². The van der Waals surface area contributed by atoms with Crippen molar-refractivity contribution in [3.05, 3.63) is 84.1 Å². The summed E-state index contributed by atoms with van der Waals surface area (Å²) >= 11 is 0. The van der Waals surface area contributed by atoms with Gasteiger partial charge in [-0.1, -0.05) is 24.3 Å². The van der Waals surface area contributed by atoms with Crippen molar-refractivity contribution in [1.29, 1.82) is 0 Å². The topological polar surface area (TPSA) is 121 Å². The first-order chi connectivity index (χ1) is 21.3. The lowest BCUT2D eigenvalue weighted by Crippen LogP contribution is -2.48. The number of sulfonamides is 1. The molecule has 0 atom stereocenters. The maximum absolute atomic E-state index is 13.2. The van der Waals surface area contributed by atoms with Gasteiger partial charge in [-0.15, -0.1) is 0 Å². The minimum atomic E-state index is -3.89. The van der Waals surface area contributed by atoms with Gasteiger partial charge < -0.3 is 19.5 Å². The highest BCUT2D eigenvalue weighted by atomic mass is 32.2. The van der Waals surface area contributed by atoms with Crippen molar-refractivity contribution in [2.24, 2.45) is 0 Å². The molecule has 0 radical (unpaired) electrons. The molecular weight excluding hydrogens is 580 g/mol. The maximum atomic E-state index is 13.2. The van der Waals surface area contributed by atoms with Crippen molar-refractivity contribution in [2.75, 3.05) is 38.0 Å². The van der Waals surface area contributed by atoms with E-state index >= 15 is 0 Å². The number of fused-ring (bicyclic) bond motifs is 1. The fraction of sp³-hybridized carbons (Fsp3) is 0.333. The fourth-order valence-electron chi connectivity index (χ4n) is 5.91. The lowest BCUT2D eigenvalue weighted by atomic mass is 10.1. The lowest BCUT2D eigenvalue weighted by Gasteiger charge is -2.35. The molecule has 4 aromatic rings. The molecular formula is C33H36N4O6S. The molecule has 1 aliphatic heterocycles. The molecule has 2 heterocycles. The van der Waals surface area contributed by atoms with Crippen LogP contribution in [0.15, 0.2) is 77.8 Å². The lowest BCUT2D eigenvalue weighted by molar-refractivity contribution is 0.0627. The quantitative estimate of drug-likeness (QED) is 0.269. The summed E-state index contributed by atoms with van der Waals surface area (Å²) in [5.74, 6) is 0.910. The van der Waals surface area contributed by atoms with Crippen molar-refractivity contribution in [3.8, 4) is 17.2 Å². The Morgan fingerprint density at radius 2 is 1.70 bits per heavy atom. The molecule has 10 nitrogen and oxygen atoms in total. The van der Waals surface area contributed by atoms with E-state index in [9.17, 15) is 18.3 Å². The van der Waals surface area contributed by atoms with E-state index in [2.05, 4.69) is 14.6 Å². The predicted molar refractivity (Wildman–Crippen MR) is 168 cm³/mol. The minimum Gasteiger partial charge on any atom is -0.504 e. The van der Waals surface area contributed by atoms with Gasteiger partial charge in [0.25, 0.3) is 15.9 Å². The number of para-hydroxylation sites is 1. The monoisotopic (exact) mass is 616 g/mol. The number of anilines is 1. The number of piperazine rings is 1. The van der Waals surface area contributed by atoms with Crippen LogP contribution in [0.4, 0.5) is 5.69 Å². The first-order valence-corrected chi connectivity index (χ1v) is 16.3. The van der Waals surface area contributed by atoms with E-state index in [1.807, 2.05) is 24.3 Å². The van der Waals surface area contributed by atoms with Crippen LogP contribution >= 0.6 is 0 Å². The molecule has 0 bridgehead atoms. The Morgan fingerprint density at radius 1 is 0.977 bits per heavy atom. The molecule has 0 unspecified atom stereocenters. The van der Waals surface area contributed by atoms with Gasteiger partial charge in [-0.25, -0.2) is 8.42 Å². The molecule has 1 aromatic heterocycles. The zero-order valence-corrected chi connectivity index (χ0v) is 25.4. The smallest absolute Gasteiger partial charge is 0.264 e. The first kappa shape index (κ1) is 29.7. The average molecular weight is 617 g/mol. The molecule has 1 amide bonds. The highest BCUT2D eigenvalue weighted by Gasteiger charge is 2.26. The van der Waals surface area contributed by atoms with Gasteiger partial charge in [-0.05, 0) is 68.1 Å². The highest BCUT2D eigenvalue weighted by Crippen LogP contribution is 2.41. The number of pyridine rings is 1.